The highest BCUT2D eigenvalue weighted by Crippen LogP contribution is 2.27. The second-order valence-electron chi connectivity index (χ2n) is 7.91. The van der Waals surface area contributed by atoms with E-state index in [1.165, 1.54) is 6.20 Å². The molecule has 0 saturated heterocycles. The number of fused-ring (bicyclic) bond motifs is 2. The molecular weight excluding hydrogens is 445 g/mol. The third-order valence-corrected chi connectivity index (χ3v) is 5.53. The van der Waals surface area contributed by atoms with Crippen LogP contribution in [-0.4, -0.2) is 35.3 Å². The zero-order chi connectivity index (χ0) is 23.8. The summed E-state index contributed by atoms with van der Waals surface area (Å²) in [5.41, 5.74) is 5.52. The summed E-state index contributed by atoms with van der Waals surface area (Å²) in [5, 5.41) is 22.7. The van der Waals surface area contributed by atoms with Crippen molar-refractivity contribution in [2.24, 2.45) is 0 Å². The monoisotopic (exact) mass is 463 g/mol. The van der Waals surface area contributed by atoms with Gasteiger partial charge in [0.2, 0.25) is 0 Å². The van der Waals surface area contributed by atoms with Crippen LogP contribution in [0.1, 0.15) is 5.69 Å². The Kier molecular flexibility index (Phi) is 4.88. The first-order valence-corrected chi connectivity index (χ1v) is 10.7. The van der Waals surface area contributed by atoms with E-state index in [-0.39, 0.29) is 5.82 Å². The lowest BCUT2D eigenvalue weighted by molar-refractivity contribution is 0.619. The van der Waals surface area contributed by atoms with Crippen molar-refractivity contribution in [1.29, 1.82) is 0 Å². The molecule has 4 aromatic heterocycles. The van der Waals surface area contributed by atoms with Gasteiger partial charge < -0.3 is 15.6 Å². The van der Waals surface area contributed by atoms with Crippen molar-refractivity contribution < 1.29 is 4.39 Å². The summed E-state index contributed by atoms with van der Waals surface area (Å²) in [6.07, 6.45) is 6.10. The minimum absolute atomic E-state index is 0.0913. The zero-order valence-electron chi connectivity index (χ0n) is 18.2. The van der Waals surface area contributed by atoms with E-state index in [0.717, 1.165) is 38.8 Å². The van der Waals surface area contributed by atoms with Crippen LogP contribution in [0, 0.1) is 5.82 Å². The van der Waals surface area contributed by atoms with Crippen LogP contribution in [0.3, 0.4) is 0 Å². The van der Waals surface area contributed by atoms with Crippen LogP contribution in [0.25, 0.3) is 38.9 Å². The first-order valence-electron chi connectivity index (χ1n) is 10.7. The van der Waals surface area contributed by atoms with Crippen LogP contribution >= 0.6 is 0 Å². The molecule has 0 aliphatic heterocycles. The van der Waals surface area contributed by atoms with E-state index >= 15 is 0 Å². The lowest BCUT2D eigenvalue weighted by Gasteiger charge is -2.09. The molecule has 2 aromatic carbocycles. The van der Waals surface area contributed by atoms with E-state index in [1.54, 1.807) is 18.6 Å². The summed E-state index contributed by atoms with van der Waals surface area (Å²) >= 11 is 0. The van der Waals surface area contributed by atoms with E-state index in [0.29, 0.717) is 17.2 Å². The van der Waals surface area contributed by atoms with Gasteiger partial charge in [0, 0.05) is 27.5 Å². The molecule has 0 aliphatic carbocycles. The summed E-state index contributed by atoms with van der Waals surface area (Å²) in [4.78, 5) is 12.0. The normalized spacial score (nSPS) is 11.1. The maximum absolute atomic E-state index is 14.5. The Hall–Kier alpha value is -5.12. The summed E-state index contributed by atoms with van der Waals surface area (Å²) in [5.74, 6) is -0.0536. The number of benzene rings is 2. The minimum atomic E-state index is -0.544. The van der Waals surface area contributed by atoms with Gasteiger partial charge in [0.25, 0.3) is 0 Å². The SMILES string of the molecule is C=C(Nc1ccnnc1)c1cc2ccc(-c3ncc(F)c(Nc4ccc5[nH]ncc5c4)n3)cc2[nH]1. The Morgan fingerprint density at radius 3 is 2.71 bits per heavy atom. The molecule has 6 aromatic rings. The van der Waals surface area contributed by atoms with Crippen molar-refractivity contribution in [2.45, 2.75) is 0 Å². The lowest BCUT2D eigenvalue weighted by atomic mass is 10.1. The molecular formula is C25H18FN9. The average Bonchev–Trinajstić information content (AvgIpc) is 3.52. The van der Waals surface area contributed by atoms with Gasteiger partial charge in [0.1, 0.15) is 0 Å². The fourth-order valence-electron chi connectivity index (χ4n) is 3.79. The molecule has 0 bridgehead atoms. The third kappa shape index (κ3) is 4.04. The molecule has 4 N–H and O–H groups in total. The van der Waals surface area contributed by atoms with Crippen LogP contribution in [-0.2, 0) is 0 Å². The number of nitrogens with one attached hydrogen (secondary N) is 4. The molecule has 0 fully saturated rings. The van der Waals surface area contributed by atoms with Gasteiger partial charge in [0.15, 0.2) is 17.5 Å². The second kappa shape index (κ2) is 8.34. The van der Waals surface area contributed by atoms with E-state index in [4.69, 9.17) is 0 Å². The Balaban J connectivity index is 1.28. The molecule has 0 unspecified atom stereocenters. The Morgan fingerprint density at radius 2 is 1.83 bits per heavy atom. The Bertz CT molecular complexity index is 1690. The second-order valence-corrected chi connectivity index (χ2v) is 7.91. The van der Waals surface area contributed by atoms with Crippen molar-refractivity contribution in [2.75, 3.05) is 10.6 Å². The predicted molar refractivity (Wildman–Crippen MR) is 133 cm³/mol. The van der Waals surface area contributed by atoms with Crippen LogP contribution in [0.5, 0.6) is 0 Å². The number of rotatable bonds is 6. The number of anilines is 3. The van der Waals surface area contributed by atoms with E-state index in [2.05, 4.69) is 52.6 Å². The summed E-state index contributed by atoms with van der Waals surface area (Å²) in [7, 11) is 0. The summed E-state index contributed by atoms with van der Waals surface area (Å²) in [6, 6.07) is 15.2. The van der Waals surface area contributed by atoms with Gasteiger partial charge in [-0.25, -0.2) is 14.4 Å². The molecule has 0 atom stereocenters. The molecule has 4 heterocycles. The fourth-order valence-corrected chi connectivity index (χ4v) is 3.79. The molecule has 170 valence electrons. The highest BCUT2D eigenvalue weighted by molar-refractivity contribution is 5.89. The van der Waals surface area contributed by atoms with Crippen molar-refractivity contribution in [3.63, 3.8) is 0 Å². The van der Waals surface area contributed by atoms with Crippen molar-refractivity contribution in [3.8, 4) is 11.4 Å². The molecule has 6 rings (SSSR count). The number of aromatic amines is 2. The van der Waals surface area contributed by atoms with Gasteiger partial charge in [-0.05, 0) is 36.4 Å². The molecule has 0 saturated carbocycles. The average molecular weight is 463 g/mol. The van der Waals surface area contributed by atoms with Gasteiger partial charge in [-0.15, -0.1) is 0 Å². The molecule has 0 amide bonds. The van der Waals surface area contributed by atoms with Gasteiger partial charge in [-0.2, -0.15) is 15.3 Å². The minimum Gasteiger partial charge on any atom is -0.353 e. The molecule has 0 spiro atoms. The highest BCUT2D eigenvalue weighted by Gasteiger charge is 2.12. The first kappa shape index (κ1) is 20.5. The molecule has 35 heavy (non-hydrogen) atoms. The first-order chi connectivity index (χ1) is 17.1. The highest BCUT2D eigenvalue weighted by atomic mass is 19.1. The summed E-state index contributed by atoms with van der Waals surface area (Å²) < 4.78 is 14.5. The van der Waals surface area contributed by atoms with Gasteiger partial charge in [0.05, 0.1) is 47.4 Å². The topological polar surface area (TPSA) is 120 Å². The number of hydrogen-bond donors (Lipinski definition) is 4. The smallest absolute Gasteiger partial charge is 0.184 e. The van der Waals surface area contributed by atoms with Gasteiger partial charge >= 0.3 is 0 Å². The number of halogens is 1. The number of nitrogens with zero attached hydrogens (tertiary/aromatic N) is 5. The largest absolute Gasteiger partial charge is 0.353 e. The quantitative estimate of drug-likeness (QED) is 0.266. The summed E-state index contributed by atoms with van der Waals surface area (Å²) in [6.45, 7) is 4.10. The van der Waals surface area contributed by atoms with Crippen LogP contribution in [0.2, 0.25) is 0 Å². The number of hydrogen-bond acceptors (Lipinski definition) is 7. The lowest BCUT2D eigenvalue weighted by Crippen LogP contribution is -2.00. The zero-order valence-corrected chi connectivity index (χ0v) is 18.2. The predicted octanol–water partition coefficient (Wildman–Crippen LogP) is 5.26. The van der Waals surface area contributed by atoms with Crippen molar-refractivity contribution >= 4 is 44.7 Å². The van der Waals surface area contributed by atoms with Gasteiger partial charge in [-0.3, -0.25) is 5.10 Å². The third-order valence-electron chi connectivity index (χ3n) is 5.53. The number of H-pyrrole nitrogens is 2. The van der Waals surface area contributed by atoms with Crippen LogP contribution < -0.4 is 10.6 Å². The van der Waals surface area contributed by atoms with E-state index in [9.17, 15) is 4.39 Å². The maximum atomic E-state index is 14.5. The van der Waals surface area contributed by atoms with E-state index < -0.39 is 5.82 Å². The number of aromatic nitrogens is 7. The molecule has 9 nitrogen and oxygen atoms in total. The molecule has 0 aliphatic rings. The fraction of sp³-hybridized carbons (Fsp3) is 0. The van der Waals surface area contributed by atoms with Crippen molar-refractivity contribution in [1.82, 2.24) is 35.3 Å². The van der Waals surface area contributed by atoms with Crippen LogP contribution in [0.4, 0.5) is 21.6 Å². The van der Waals surface area contributed by atoms with Crippen molar-refractivity contribution in [3.05, 3.63) is 91.4 Å². The van der Waals surface area contributed by atoms with Crippen LogP contribution in [0.15, 0.2) is 79.9 Å². The maximum Gasteiger partial charge on any atom is 0.184 e. The Morgan fingerprint density at radius 1 is 0.886 bits per heavy atom. The molecule has 0 radical (unpaired) electrons. The standard InChI is InChI=1S/C25H18FN9/c1-14(31-19-6-7-28-29-12-19)22-9-15-2-3-16(10-23(15)33-22)24-27-13-20(26)25(34-24)32-18-4-5-21-17(8-18)11-30-35-21/h2-13,33H,1H2,(H,28,31)(H,30,35)(H,27,32,34). The molecule has 10 heteroatoms. The van der Waals surface area contributed by atoms with E-state index in [1.807, 2.05) is 48.5 Å². The van der Waals surface area contributed by atoms with Gasteiger partial charge in [-0.1, -0.05) is 18.7 Å². The Labute approximate surface area is 198 Å².